The normalized spacial score (nSPS) is 10.8. The zero-order chi connectivity index (χ0) is 18.1. The molecular formula is C20H15FN4O. The molecule has 0 fully saturated rings. The van der Waals surface area contributed by atoms with Crippen molar-refractivity contribution in [2.45, 2.75) is 6.92 Å². The highest BCUT2D eigenvalue weighted by atomic mass is 19.1. The number of fused-ring (bicyclic) bond motifs is 1. The number of carbonyl (C=O) groups excluding carboxylic acids is 1. The van der Waals surface area contributed by atoms with Gasteiger partial charge in [0, 0.05) is 23.6 Å². The molecule has 4 rings (SSSR count). The van der Waals surface area contributed by atoms with Crippen LogP contribution in [0, 0.1) is 12.7 Å². The Balaban J connectivity index is 1.87. The number of aromatic nitrogens is 3. The van der Waals surface area contributed by atoms with E-state index >= 15 is 0 Å². The van der Waals surface area contributed by atoms with Crippen LogP contribution in [0.15, 0.2) is 60.9 Å². The van der Waals surface area contributed by atoms with Crippen molar-refractivity contribution in [3.8, 4) is 11.3 Å². The number of aryl methyl sites for hydroxylation is 1. The lowest BCUT2D eigenvalue weighted by atomic mass is 10.1. The Bertz CT molecular complexity index is 1100. The minimum atomic E-state index is -0.355. The van der Waals surface area contributed by atoms with Crippen molar-refractivity contribution in [1.29, 1.82) is 0 Å². The van der Waals surface area contributed by atoms with Crippen LogP contribution in [0.5, 0.6) is 0 Å². The van der Waals surface area contributed by atoms with E-state index in [1.807, 2.05) is 31.2 Å². The predicted octanol–water partition coefficient (Wildman–Crippen LogP) is 4.40. The van der Waals surface area contributed by atoms with E-state index in [2.05, 4.69) is 15.4 Å². The fraction of sp³-hybridized carbons (Fsp3) is 0.0500. The number of carbonyl (C=O) groups is 1. The zero-order valence-electron chi connectivity index (χ0n) is 14.0. The van der Waals surface area contributed by atoms with Gasteiger partial charge in [0.1, 0.15) is 17.0 Å². The van der Waals surface area contributed by atoms with Gasteiger partial charge in [0.15, 0.2) is 12.1 Å². The fourth-order valence-electron chi connectivity index (χ4n) is 2.85. The van der Waals surface area contributed by atoms with Crippen molar-refractivity contribution in [3.63, 3.8) is 0 Å². The van der Waals surface area contributed by atoms with Crippen LogP contribution < -0.4 is 5.32 Å². The number of benzene rings is 2. The van der Waals surface area contributed by atoms with Crippen molar-refractivity contribution in [2.75, 3.05) is 5.32 Å². The lowest BCUT2D eigenvalue weighted by Crippen LogP contribution is -1.99. The minimum absolute atomic E-state index is 0.355. The average molecular weight is 346 g/mol. The molecule has 0 radical (unpaired) electrons. The quantitative estimate of drug-likeness (QED) is 0.557. The van der Waals surface area contributed by atoms with E-state index in [9.17, 15) is 9.18 Å². The summed E-state index contributed by atoms with van der Waals surface area (Å²) >= 11 is 0. The molecule has 0 atom stereocenters. The monoisotopic (exact) mass is 346 g/mol. The number of halogens is 1. The third kappa shape index (κ3) is 2.82. The number of aldehydes is 1. The topological polar surface area (TPSA) is 59.3 Å². The molecule has 6 heteroatoms. The number of anilines is 2. The molecule has 2 aromatic heterocycles. The van der Waals surface area contributed by atoms with Gasteiger partial charge in [0.25, 0.3) is 0 Å². The summed E-state index contributed by atoms with van der Waals surface area (Å²) in [6.07, 6.45) is 4.03. The molecule has 128 valence electrons. The van der Waals surface area contributed by atoms with Crippen molar-refractivity contribution in [1.82, 2.24) is 14.6 Å². The summed E-state index contributed by atoms with van der Waals surface area (Å²) in [6, 6.07) is 13.9. The molecule has 0 aliphatic carbocycles. The molecule has 0 unspecified atom stereocenters. The van der Waals surface area contributed by atoms with Gasteiger partial charge in [-0.05, 0) is 25.1 Å². The Labute approximate surface area is 149 Å². The third-order valence-electron chi connectivity index (χ3n) is 4.11. The van der Waals surface area contributed by atoms with Crippen LogP contribution in [0.4, 0.5) is 15.9 Å². The van der Waals surface area contributed by atoms with Crippen molar-refractivity contribution < 1.29 is 9.18 Å². The van der Waals surface area contributed by atoms with Crippen LogP contribution in [0.1, 0.15) is 15.9 Å². The first-order valence-corrected chi connectivity index (χ1v) is 8.08. The predicted molar refractivity (Wildman–Crippen MR) is 98.2 cm³/mol. The number of hydrogen-bond donors (Lipinski definition) is 1. The first-order valence-electron chi connectivity index (χ1n) is 8.08. The zero-order valence-corrected chi connectivity index (χ0v) is 14.0. The van der Waals surface area contributed by atoms with Gasteiger partial charge >= 0.3 is 0 Å². The Morgan fingerprint density at radius 1 is 1.15 bits per heavy atom. The summed E-state index contributed by atoms with van der Waals surface area (Å²) in [5.41, 5.74) is 4.07. The summed E-state index contributed by atoms with van der Waals surface area (Å²) < 4.78 is 15.1. The molecular weight excluding hydrogens is 331 g/mol. The lowest BCUT2D eigenvalue weighted by molar-refractivity contribution is 0.112. The summed E-state index contributed by atoms with van der Waals surface area (Å²) in [5.74, 6) is 0.0810. The lowest BCUT2D eigenvalue weighted by Gasteiger charge is -2.07. The summed E-state index contributed by atoms with van der Waals surface area (Å²) in [5, 5.41) is 7.60. The average Bonchev–Trinajstić information content (AvgIpc) is 3.02. The van der Waals surface area contributed by atoms with Gasteiger partial charge in [-0.2, -0.15) is 5.10 Å². The Morgan fingerprint density at radius 3 is 2.69 bits per heavy atom. The number of rotatable bonds is 4. The first-order chi connectivity index (χ1) is 12.7. The maximum absolute atomic E-state index is 13.5. The van der Waals surface area contributed by atoms with Crippen molar-refractivity contribution in [3.05, 3.63) is 77.9 Å². The van der Waals surface area contributed by atoms with E-state index in [-0.39, 0.29) is 5.82 Å². The molecule has 0 saturated carbocycles. The molecule has 0 bridgehead atoms. The summed E-state index contributed by atoms with van der Waals surface area (Å²) in [6.45, 7) is 2.00. The molecule has 0 aliphatic rings. The van der Waals surface area contributed by atoms with Gasteiger partial charge < -0.3 is 5.32 Å². The Morgan fingerprint density at radius 2 is 1.96 bits per heavy atom. The van der Waals surface area contributed by atoms with Gasteiger partial charge in [-0.3, -0.25) is 4.79 Å². The van der Waals surface area contributed by atoms with Crippen LogP contribution in [0.2, 0.25) is 0 Å². The molecule has 0 spiro atoms. The van der Waals surface area contributed by atoms with Crippen LogP contribution in [-0.2, 0) is 0 Å². The highest BCUT2D eigenvalue weighted by molar-refractivity contribution is 5.99. The van der Waals surface area contributed by atoms with Gasteiger partial charge in [-0.15, -0.1) is 0 Å². The van der Waals surface area contributed by atoms with E-state index in [0.717, 1.165) is 17.4 Å². The van der Waals surface area contributed by atoms with Gasteiger partial charge in [-0.25, -0.2) is 13.9 Å². The van der Waals surface area contributed by atoms with Crippen LogP contribution >= 0.6 is 0 Å². The number of nitrogens with zero attached hydrogens (tertiary/aromatic N) is 3. The van der Waals surface area contributed by atoms with Crippen LogP contribution in [0.3, 0.4) is 0 Å². The molecule has 0 aliphatic heterocycles. The van der Waals surface area contributed by atoms with Crippen molar-refractivity contribution >= 4 is 23.3 Å². The second-order valence-electron chi connectivity index (χ2n) is 5.95. The third-order valence-corrected chi connectivity index (χ3v) is 4.11. The second kappa shape index (κ2) is 6.40. The van der Waals surface area contributed by atoms with E-state index in [0.29, 0.717) is 28.3 Å². The molecule has 5 nitrogen and oxygen atoms in total. The first kappa shape index (κ1) is 16.0. The van der Waals surface area contributed by atoms with E-state index in [1.165, 1.54) is 12.1 Å². The molecule has 2 aromatic carbocycles. The molecule has 2 heterocycles. The molecule has 1 N–H and O–H groups in total. The van der Waals surface area contributed by atoms with Gasteiger partial charge in [0.2, 0.25) is 0 Å². The summed E-state index contributed by atoms with van der Waals surface area (Å²) in [7, 11) is 0. The van der Waals surface area contributed by atoms with Gasteiger partial charge in [0.05, 0.1) is 5.56 Å². The van der Waals surface area contributed by atoms with E-state index in [4.69, 9.17) is 0 Å². The molecule has 4 aromatic rings. The Hall–Kier alpha value is -3.54. The van der Waals surface area contributed by atoms with E-state index < -0.39 is 0 Å². The van der Waals surface area contributed by atoms with Crippen molar-refractivity contribution in [2.24, 2.45) is 0 Å². The molecule has 0 amide bonds. The highest BCUT2D eigenvalue weighted by Crippen LogP contribution is 2.29. The molecule has 26 heavy (non-hydrogen) atoms. The maximum Gasteiger partial charge on any atom is 0.157 e. The second-order valence-corrected chi connectivity index (χ2v) is 5.95. The smallest absolute Gasteiger partial charge is 0.157 e. The number of nitrogens with one attached hydrogen (secondary N) is 1. The molecule has 0 saturated heterocycles. The fourth-order valence-corrected chi connectivity index (χ4v) is 2.85. The minimum Gasteiger partial charge on any atom is -0.338 e. The largest absolute Gasteiger partial charge is 0.338 e. The maximum atomic E-state index is 13.5. The van der Waals surface area contributed by atoms with Crippen LogP contribution in [-0.4, -0.2) is 20.9 Å². The Kier molecular flexibility index (Phi) is 3.93. The summed E-state index contributed by atoms with van der Waals surface area (Å²) in [4.78, 5) is 16.1. The standard InChI is InChI=1S/C20H15FN4O/c1-13-5-7-14(8-6-13)18-17(12-26)19-20(22-9-10-25(19)24-18)23-16-4-2-3-15(21)11-16/h2-12H,1H3,(H,22,23). The van der Waals surface area contributed by atoms with Crippen LogP contribution in [0.25, 0.3) is 16.8 Å². The van der Waals surface area contributed by atoms with E-state index in [1.54, 1.807) is 29.0 Å². The SMILES string of the molecule is Cc1ccc(-c2nn3ccnc(Nc4cccc(F)c4)c3c2C=O)cc1. The van der Waals surface area contributed by atoms with Gasteiger partial charge in [-0.1, -0.05) is 35.9 Å². The number of hydrogen-bond acceptors (Lipinski definition) is 4. The highest BCUT2D eigenvalue weighted by Gasteiger charge is 2.18.